The van der Waals surface area contributed by atoms with Gasteiger partial charge in [-0.25, -0.2) is 0 Å². The summed E-state index contributed by atoms with van der Waals surface area (Å²) in [4.78, 5) is 4.09. The van der Waals surface area contributed by atoms with Gasteiger partial charge in [0.15, 0.2) is 0 Å². The van der Waals surface area contributed by atoms with E-state index in [4.69, 9.17) is 0 Å². The first-order valence-corrected chi connectivity index (χ1v) is 8.02. The van der Waals surface area contributed by atoms with E-state index in [9.17, 15) is 0 Å². The van der Waals surface area contributed by atoms with E-state index in [0.29, 0.717) is 0 Å². The average molecular weight is 243 g/mol. The molecule has 0 atom stereocenters. The van der Waals surface area contributed by atoms with Crippen LogP contribution >= 0.6 is 35.3 Å². The average Bonchev–Trinajstić information content (AvgIpc) is 2.26. The zero-order chi connectivity index (χ0) is 10.6. The predicted octanol–water partition coefficient (Wildman–Crippen LogP) is 4.23. The Balaban J connectivity index is 3.24. The molecule has 0 heterocycles. The van der Waals surface area contributed by atoms with Crippen LogP contribution in [-0.2, 0) is 6.42 Å². The quantitative estimate of drug-likeness (QED) is 0.726. The van der Waals surface area contributed by atoms with E-state index in [0.717, 1.165) is 6.42 Å². The van der Waals surface area contributed by atoms with Crippen molar-refractivity contribution >= 4 is 35.3 Å². The summed E-state index contributed by atoms with van der Waals surface area (Å²) in [5.41, 5.74) is 1.39. The summed E-state index contributed by atoms with van der Waals surface area (Å²) in [5.74, 6) is 0. The molecule has 1 aromatic rings. The molecule has 0 amide bonds. The molecule has 0 unspecified atom stereocenters. The molecule has 0 aliphatic rings. The summed E-state index contributed by atoms with van der Waals surface area (Å²) in [6.07, 6.45) is 7.25. The van der Waals surface area contributed by atoms with E-state index in [1.165, 1.54) is 20.2 Å². The van der Waals surface area contributed by atoms with Crippen LogP contribution in [0.2, 0.25) is 0 Å². The van der Waals surface area contributed by atoms with Crippen molar-refractivity contribution in [2.75, 3.05) is 18.8 Å². The predicted molar refractivity (Wildman–Crippen MR) is 70.8 cm³/mol. The van der Waals surface area contributed by atoms with Crippen LogP contribution in [0.3, 0.4) is 0 Å². The van der Waals surface area contributed by atoms with Crippen molar-refractivity contribution in [2.24, 2.45) is 0 Å². The van der Waals surface area contributed by atoms with Gasteiger partial charge in [-0.15, -0.1) is 35.3 Å². The van der Waals surface area contributed by atoms with Gasteiger partial charge < -0.3 is 0 Å². The molecule has 0 saturated heterocycles. The molecule has 0 saturated carbocycles. The van der Waals surface area contributed by atoms with Crippen molar-refractivity contribution in [3.8, 4) is 0 Å². The Kier molecular flexibility index (Phi) is 5.28. The van der Waals surface area contributed by atoms with E-state index in [2.05, 4.69) is 37.8 Å². The summed E-state index contributed by atoms with van der Waals surface area (Å²) in [6.45, 7) is 4.00. The highest BCUT2D eigenvalue weighted by Gasteiger charge is 2.07. The van der Waals surface area contributed by atoms with E-state index >= 15 is 0 Å². The fourth-order valence-corrected chi connectivity index (χ4v) is 3.42. The van der Waals surface area contributed by atoms with E-state index in [1.54, 1.807) is 11.8 Å². The molecule has 1 radical (unpaired) electrons. The SMILES string of the molecule is [CH2]Cc1c(SC)cc(SC)cc1SC. The van der Waals surface area contributed by atoms with Gasteiger partial charge >= 0.3 is 0 Å². The zero-order valence-electron chi connectivity index (χ0n) is 8.79. The van der Waals surface area contributed by atoms with Crippen LogP contribution < -0.4 is 0 Å². The lowest BCUT2D eigenvalue weighted by Gasteiger charge is -2.12. The van der Waals surface area contributed by atoms with Gasteiger partial charge in [0.2, 0.25) is 0 Å². The fraction of sp³-hybridized carbons (Fsp3) is 0.364. The number of thioether (sulfide) groups is 3. The molecule has 1 aromatic carbocycles. The van der Waals surface area contributed by atoms with Gasteiger partial charge in [-0.3, -0.25) is 0 Å². The van der Waals surface area contributed by atoms with E-state index < -0.39 is 0 Å². The van der Waals surface area contributed by atoms with Crippen LogP contribution in [0.15, 0.2) is 26.8 Å². The molecule has 77 valence electrons. The van der Waals surface area contributed by atoms with Crippen molar-refractivity contribution in [3.63, 3.8) is 0 Å². The lowest BCUT2D eigenvalue weighted by molar-refractivity contribution is 1.07. The summed E-state index contributed by atoms with van der Waals surface area (Å²) >= 11 is 5.42. The maximum atomic E-state index is 4.00. The second-order valence-electron chi connectivity index (χ2n) is 2.76. The second kappa shape index (κ2) is 5.99. The summed E-state index contributed by atoms with van der Waals surface area (Å²) in [6, 6.07) is 4.52. The van der Waals surface area contributed by atoms with E-state index in [1.807, 2.05) is 23.5 Å². The molecule has 0 N–H and O–H groups in total. The Hall–Kier alpha value is 0.270. The van der Waals surface area contributed by atoms with Gasteiger partial charge in [-0.05, 0) is 49.8 Å². The number of hydrogen-bond donors (Lipinski definition) is 0. The lowest BCUT2D eigenvalue weighted by Crippen LogP contribution is -1.90. The highest BCUT2D eigenvalue weighted by Crippen LogP contribution is 2.34. The fourth-order valence-electron chi connectivity index (χ4n) is 1.32. The Labute approximate surface area is 99.6 Å². The third kappa shape index (κ3) is 2.65. The molecular formula is C11H15S3. The smallest absolute Gasteiger partial charge is 0.0123 e. The number of rotatable bonds is 4. The van der Waals surface area contributed by atoms with Crippen LogP contribution in [0.5, 0.6) is 0 Å². The van der Waals surface area contributed by atoms with Crippen molar-refractivity contribution in [3.05, 3.63) is 24.6 Å². The van der Waals surface area contributed by atoms with Crippen LogP contribution in [-0.4, -0.2) is 18.8 Å². The first-order valence-electron chi connectivity index (χ1n) is 4.35. The molecule has 14 heavy (non-hydrogen) atoms. The maximum absolute atomic E-state index is 4.00. The first-order chi connectivity index (χ1) is 6.76. The molecule has 0 spiro atoms. The Morgan fingerprint density at radius 3 is 1.79 bits per heavy atom. The lowest BCUT2D eigenvalue weighted by atomic mass is 10.2. The molecule has 0 fully saturated rings. The van der Waals surface area contributed by atoms with Crippen molar-refractivity contribution in [1.82, 2.24) is 0 Å². The summed E-state index contributed by atoms with van der Waals surface area (Å²) in [7, 11) is 0. The Bertz CT molecular complexity index is 282. The second-order valence-corrected chi connectivity index (χ2v) is 5.34. The minimum Gasteiger partial charge on any atom is -0.130 e. The van der Waals surface area contributed by atoms with Crippen molar-refractivity contribution in [2.45, 2.75) is 21.1 Å². The molecular weight excluding hydrogens is 228 g/mol. The van der Waals surface area contributed by atoms with Gasteiger partial charge in [0.25, 0.3) is 0 Å². The van der Waals surface area contributed by atoms with Gasteiger partial charge in [-0.2, -0.15) is 0 Å². The van der Waals surface area contributed by atoms with Gasteiger partial charge in [0, 0.05) is 14.7 Å². The van der Waals surface area contributed by atoms with Crippen LogP contribution in [0, 0.1) is 6.92 Å². The molecule has 1 rings (SSSR count). The van der Waals surface area contributed by atoms with Crippen molar-refractivity contribution < 1.29 is 0 Å². The third-order valence-corrected chi connectivity index (χ3v) is 4.38. The minimum absolute atomic E-state index is 0.876. The summed E-state index contributed by atoms with van der Waals surface area (Å²) < 4.78 is 0. The van der Waals surface area contributed by atoms with Gasteiger partial charge in [0.05, 0.1) is 0 Å². The van der Waals surface area contributed by atoms with Crippen LogP contribution in [0.1, 0.15) is 5.56 Å². The topological polar surface area (TPSA) is 0 Å². The first kappa shape index (κ1) is 12.3. The standard InChI is InChI=1S/C11H15S3/c1-5-9-10(13-3)6-8(12-2)7-11(9)14-4/h6-7H,1,5H2,2-4H3. The minimum atomic E-state index is 0.876. The summed E-state index contributed by atoms with van der Waals surface area (Å²) in [5, 5.41) is 0. The number of benzene rings is 1. The molecule has 0 nitrogen and oxygen atoms in total. The monoisotopic (exact) mass is 243 g/mol. The highest BCUT2D eigenvalue weighted by atomic mass is 32.2. The van der Waals surface area contributed by atoms with Crippen LogP contribution in [0.25, 0.3) is 0 Å². The molecule has 3 heteroatoms. The Morgan fingerprint density at radius 2 is 1.50 bits per heavy atom. The maximum Gasteiger partial charge on any atom is 0.0123 e. The number of hydrogen-bond acceptors (Lipinski definition) is 3. The van der Waals surface area contributed by atoms with Gasteiger partial charge in [-0.1, -0.05) is 0 Å². The molecule has 0 aromatic heterocycles. The van der Waals surface area contributed by atoms with Gasteiger partial charge in [0.1, 0.15) is 0 Å². The molecule has 0 aliphatic carbocycles. The Morgan fingerprint density at radius 1 is 1.00 bits per heavy atom. The zero-order valence-corrected chi connectivity index (χ0v) is 11.2. The largest absolute Gasteiger partial charge is 0.130 e. The van der Waals surface area contributed by atoms with E-state index in [-0.39, 0.29) is 0 Å². The van der Waals surface area contributed by atoms with Crippen LogP contribution in [0.4, 0.5) is 0 Å². The highest BCUT2D eigenvalue weighted by molar-refractivity contribution is 8.00. The molecule has 0 bridgehead atoms. The molecule has 0 aliphatic heterocycles. The third-order valence-electron chi connectivity index (χ3n) is 2.07. The van der Waals surface area contributed by atoms with Crippen molar-refractivity contribution in [1.29, 1.82) is 0 Å². The normalized spacial score (nSPS) is 10.6.